The van der Waals surface area contributed by atoms with E-state index in [0.717, 1.165) is 17.1 Å². The number of ether oxygens (including phenoxy) is 1. The molecule has 2 fully saturated rings. The molecule has 0 aliphatic carbocycles. The molecule has 33 heavy (non-hydrogen) atoms. The van der Waals surface area contributed by atoms with Crippen LogP contribution in [-0.2, 0) is 9.53 Å². The van der Waals surface area contributed by atoms with Gasteiger partial charge in [-0.3, -0.25) is 9.59 Å². The fraction of sp³-hybridized carbons (Fsp3) is 0.320. The smallest absolute Gasteiger partial charge is 0.254 e. The van der Waals surface area contributed by atoms with Crippen LogP contribution in [0, 0.1) is 19.7 Å². The lowest BCUT2D eigenvalue weighted by atomic mass is 10.00. The van der Waals surface area contributed by atoms with Crippen LogP contribution in [0.4, 0.5) is 10.1 Å². The van der Waals surface area contributed by atoms with Crippen LogP contribution in [0.25, 0.3) is 5.69 Å². The fourth-order valence-corrected chi connectivity index (χ4v) is 4.68. The Kier molecular flexibility index (Phi) is 5.25. The van der Waals surface area contributed by atoms with Gasteiger partial charge in [0.2, 0.25) is 0 Å². The van der Waals surface area contributed by atoms with E-state index in [9.17, 15) is 14.0 Å². The molecule has 1 aromatic heterocycles. The Morgan fingerprint density at radius 2 is 1.85 bits per heavy atom. The maximum Gasteiger partial charge on any atom is 0.254 e. The molecule has 2 amide bonds. The molecular formula is C25H25FN4O3. The maximum absolute atomic E-state index is 13.3. The average Bonchev–Trinajstić information content (AvgIpc) is 3.38. The van der Waals surface area contributed by atoms with Gasteiger partial charge in [-0.1, -0.05) is 6.07 Å². The lowest BCUT2D eigenvalue weighted by Gasteiger charge is -2.40. The third-order valence-electron chi connectivity index (χ3n) is 6.34. The van der Waals surface area contributed by atoms with Crippen molar-refractivity contribution in [3.05, 3.63) is 77.4 Å². The fourth-order valence-electron chi connectivity index (χ4n) is 4.68. The molecular weight excluding hydrogens is 423 g/mol. The van der Waals surface area contributed by atoms with Gasteiger partial charge >= 0.3 is 0 Å². The standard InChI is InChI=1S/C25H25FN4O3/c1-17-12-18(2)30(27-17)22-5-3-4-19(13-22)24(32)28-11-10-25(15-28)16-29(23(31)14-33-25)21-8-6-20(26)7-9-21/h3-9,12-13H,10-11,14-16H2,1-2H3. The Morgan fingerprint density at radius 3 is 2.58 bits per heavy atom. The van der Waals surface area contributed by atoms with Crippen molar-refractivity contribution in [2.45, 2.75) is 25.9 Å². The van der Waals surface area contributed by atoms with E-state index in [1.54, 1.807) is 28.0 Å². The van der Waals surface area contributed by atoms with Crippen LogP contribution in [0.15, 0.2) is 54.6 Å². The predicted octanol–water partition coefficient (Wildman–Crippen LogP) is 3.28. The van der Waals surface area contributed by atoms with E-state index in [1.165, 1.54) is 12.1 Å². The van der Waals surface area contributed by atoms with Gasteiger partial charge in [-0.15, -0.1) is 0 Å². The van der Waals surface area contributed by atoms with Gasteiger partial charge in [0, 0.05) is 23.5 Å². The van der Waals surface area contributed by atoms with Crippen LogP contribution in [0.3, 0.4) is 0 Å². The van der Waals surface area contributed by atoms with Crippen molar-refractivity contribution in [3.8, 4) is 5.69 Å². The number of aromatic nitrogens is 2. The SMILES string of the molecule is Cc1cc(C)n(-c2cccc(C(=O)N3CCC4(C3)CN(c3ccc(F)cc3)C(=O)CO4)c2)n1. The number of hydrogen-bond acceptors (Lipinski definition) is 4. The summed E-state index contributed by atoms with van der Waals surface area (Å²) in [5, 5.41) is 4.51. The van der Waals surface area contributed by atoms with Crippen molar-refractivity contribution < 1.29 is 18.7 Å². The number of anilines is 1. The zero-order chi connectivity index (χ0) is 23.2. The molecule has 2 saturated heterocycles. The highest BCUT2D eigenvalue weighted by atomic mass is 19.1. The first-order valence-corrected chi connectivity index (χ1v) is 11.0. The van der Waals surface area contributed by atoms with Gasteiger partial charge < -0.3 is 14.5 Å². The first-order valence-electron chi connectivity index (χ1n) is 11.0. The number of halogens is 1. The first-order chi connectivity index (χ1) is 15.8. The summed E-state index contributed by atoms with van der Waals surface area (Å²) in [6, 6.07) is 15.3. The van der Waals surface area contributed by atoms with Crippen LogP contribution >= 0.6 is 0 Å². The molecule has 1 atom stereocenters. The van der Waals surface area contributed by atoms with E-state index in [1.807, 2.05) is 42.8 Å². The summed E-state index contributed by atoms with van der Waals surface area (Å²) in [6.45, 7) is 5.11. The highest BCUT2D eigenvalue weighted by Gasteiger charge is 2.46. The summed E-state index contributed by atoms with van der Waals surface area (Å²) >= 11 is 0. The second-order valence-corrected chi connectivity index (χ2v) is 8.79. The number of carbonyl (C=O) groups is 2. The normalized spacial score (nSPS) is 20.6. The molecule has 1 spiro atoms. The van der Waals surface area contributed by atoms with Crippen LogP contribution in [0.5, 0.6) is 0 Å². The van der Waals surface area contributed by atoms with Crippen molar-refractivity contribution in [3.63, 3.8) is 0 Å². The molecule has 3 aromatic rings. The highest BCUT2D eigenvalue weighted by Crippen LogP contribution is 2.33. The lowest BCUT2D eigenvalue weighted by Crippen LogP contribution is -2.56. The second kappa shape index (κ2) is 8.12. The summed E-state index contributed by atoms with van der Waals surface area (Å²) in [7, 11) is 0. The van der Waals surface area contributed by atoms with Crippen LogP contribution in [0.2, 0.25) is 0 Å². The van der Waals surface area contributed by atoms with Crippen molar-refractivity contribution >= 4 is 17.5 Å². The van der Waals surface area contributed by atoms with E-state index < -0.39 is 5.60 Å². The summed E-state index contributed by atoms with van der Waals surface area (Å²) in [5.41, 5.74) is 3.33. The van der Waals surface area contributed by atoms with Gasteiger partial charge in [0.1, 0.15) is 18.0 Å². The van der Waals surface area contributed by atoms with Gasteiger partial charge in [0.25, 0.3) is 11.8 Å². The Morgan fingerprint density at radius 1 is 1.06 bits per heavy atom. The quantitative estimate of drug-likeness (QED) is 0.617. The Labute approximate surface area is 191 Å². The van der Waals surface area contributed by atoms with Gasteiger partial charge in [0.15, 0.2) is 0 Å². The van der Waals surface area contributed by atoms with Gasteiger partial charge in [-0.25, -0.2) is 9.07 Å². The Balaban J connectivity index is 1.34. The van der Waals surface area contributed by atoms with Gasteiger partial charge in [-0.05, 0) is 68.8 Å². The summed E-state index contributed by atoms with van der Waals surface area (Å²) in [6.07, 6.45) is 0.626. The molecule has 8 heteroatoms. The number of nitrogens with zero attached hydrogens (tertiary/aromatic N) is 4. The highest BCUT2D eigenvalue weighted by molar-refractivity contribution is 5.96. The Bertz CT molecular complexity index is 1220. The van der Waals surface area contributed by atoms with Crippen LogP contribution < -0.4 is 4.90 Å². The molecule has 3 heterocycles. The molecule has 1 unspecified atom stereocenters. The van der Waals surface area contributed by atoms with E-state index in [0.29, 0.717) is 37.3 Å². The molecule has 0 N–H and O–H groups in total. The molecule has 0 radical (unpaired) electrons. The number of benzene rings is 2. The van der Waals surface area contributed by atoms with E-state index in [4.69, 9.17) is 4.74 Å². The number of rotatable bonds is 3. The molecule has 170 valence electrons. The molecule has 5 rings (SSSR count). The monoisotopic (exact) mass is 448 g/mol. The summed E-state index contributed by atoms with van der Waals surface area (Å²) < 4.78 is 21.1. The third kappa shape index (κ3) is 4.02. The zero-order valence-electron chi connectivity index (χ0n) is 18.6. The number of morpholine rings is 1. The van der Waals surface area contributed by atoms with Gasteiger partial charge in [0.05, 0.1) is 24.5 Å². The summed E-state index contributed by atoms with van der Waals surface area (Å²) in [4.78, 5) is 29.2. The minimum absolute atomic E-state index is 0.0627. The van der Waals surface area contributed by atoms with Crippen molar-refractivity contribution in [1.82, 2.24) is 14.7 Å². The van der Waals surface area contributed by atoms with E-state index in [2.05, 4.69) is 5.10 Å². The predicted molar refractivity (Wildman–Crippen MR) is 121 cm³/mol. The zero-order valence-corrected chi connectivity index (χ0v) is 18.6. The minimum atomic E-state index is -0.634. The largest absolute Gasteiger partial charge is 0.361 e. The molecule has 2 aliphatic heterocycles. The molecule has 0 bridgehead atoms. The number of amides is 2. The van der Waals surface area contributed by atoms with Crippen molar-refractivity contribution in [1.29, 1.82) is 0 Å². The molecule has 2 aliphatic rings. The molecule has 7 nitrogen and oxygen atoms in total. The molecule has 0 saturated carbocycles. The number of hydrogen-bond donors (Lipinski definition) is 0. The third-order valence-corrected chi connectivity index (χ3v) is 6.34. The van der Waals surface area contributed by atoms with E-state index in [-0.39, 0.29) is 24.2 Å². The number of likely N-dealkylation sites (tertiary alicyclic amines) is 1. The van der Waals surface area contributed by atoms with Crippen LogP contribution in [-0.4, -0.2) is 58.3 Å². The van der Waals surface area contributed by atoms with E-state index >= 15 is 0 Å². The molecule has 2 aromatic carbocycles. The van der Waals surface area contributed by atoms with Crippen molar-refractivity contribution in [2.75, 3.05) is 31.1 Å². The minimum Gasteiger partial charge on any atom is -0.361 e. The summed E-state index contributed by atoms with van der Waals surface area (Å²) in [5.74, 6) is -0.604. The number of carbonyl (C=O) groups excluding carboxylic acids is 2. The number of aryl methyl sites for hydroxylation is 2. The average molecular weight is 448 g/mol. The first kappa shape index (κ1) is 21.3. The Hall–Kier alpha value is -3.52. The lowest BCUT2D eigenvalue weighted by molar-refractivity contribution is -0.137. The van der Waals surface area contributed by atoms with Gasteiger partial charge in [-0.2, -0.15) is 5.10 Å². The maximum atomic E-state index is 13.3. The van der Waals surface area contributed by atoms with Crippen molar-refractivity contribution in [2.24, 2.45) is 0 Å². The second-order valence-electron chi connectivity index (χ2n) is 8.79. The van der Waals surface area contributed by atoms with Crippen LogP contribution in [0.1, 0.15) is 28.2 Å². The topological polar surface area (TPSA) is 67.7 Å².